The molecule has 0 bridgehead atoms. The summed E-state index contributed by atoms with van der Waals surface area (Å²) < 4.78 is 25.5. The Balaban J connectivity index is 0.00000625. The van der Waals surface area contributed by atoms with E-state index in [1.54, 1.807) is 19.9 Å². The predicted octanol–water partition coefficient (Wildman–Crippen LogP) is 3.34. The van der Waals surface area contributed by atoms with Gasteiger partial charge >= 0.3 is 0 Å². The number of hydrogen-bond donors (Lipinski definition) is 2. The summed E-state index contributed by atoms with van der Waals surface area (Å²) in [7, 11) is -1.40. The van der Waals surface area contributed by atoms with Gasteiger partial charge in [-0.05, 0) is 38.5 Å². The normalized spacial score (nSPS) is 12.5. The van der Waals surface area contributed by atoms with Crippen molar-refractivity contribution in [2.24, 2.45) is 4.99 Å². The first-order valence-electron chi connectivity index (χ1n) is 7.86. The SMILES string of the molecule is CCNC(=NCC(C)(C)NS(C)(=O)=O)N(C)Cc1ccc(Cl)c(Cl)c1.I. The van der Waals surface area contributed by atoms with Gasteiger partial charge in [0.1, 0.15) is 0 Å². The number of aliphatic imine (C=N–C) groups is 1. The molecule has 10 heteroatoms. The lowest BCUT2D eigenvalue weighted by Gasteiger charge is -2.26. The van der Waals surface area contributed by atoms with Crippen molar-refractivity contribution in [3.05, 3.63) is 33.8 Å². The highest BCUT2D eigenvalue weighted by Crippen LogP contribution is 2.23. The summed E-state index contributed by atoms with van der Waals surface area (Å²) in [5.41, 5.74) is 0.314. The molecule has 0 aliphatic rings. The number of halogens is 3. The lowest BCUT2D eigenvalue weighted by atomic mass is 10.1. The molecule has 26 heavy (non-hydrogen) atoms. The minimum absolute atomic E-state index is 0. The second-order valence-electron chi connectivity index (χ2n) is 6.53. The fourth-order valence-electron chi connectivity index (χ4n) is 2.26. The van der Waals surface area contributed by atoms with E-state index in [1.807, 2.05) is 31.0 Å². The van der Waals surface area contributed by atoms with E-state index >= 15 is 0 Å². The minimum Gasteiger partial charge on any atom is -0.357 e. The Bertz CT molecular complexity index is 727. The number of benzene rings is 1. The number of rotatable bonds is 7. The third-order valence-electron chi connectivity index (χ3n) is 3.19. The van der Waals surface area contributed by atoms with Crippen LogP contribution in [0.1, 0.15) is 26.3 Å². The first kappa shape index (κ1) is 25.7. The maximum absolute atomic E-state index is 11.4. The summed E-state index contributed by atoms with van der Waals surface area (Å²) in [5.74, 6) is 0.678. The highest BCUT2D eigenvalue weighted by atomic mass is 127. The lowest BCUT2D eigenvalue weighted by Crippen LogP contribution is -2.46. The van der Waals surface area contributed by atoms with Gasteiger partial charge in [0.05, 0.1) is 22.8 Å². The van der Waals surface area contributed by atoms with Crippen molar-refractivity contribution < 1.29 is 8.42 Å². The van der Waals surface area contributed by atoms with E-state index in [4.69, 9.17) is 23.2 Å². The van der Waals surface area contributed by atoms with E-state index in [1.165, 1.54) is 0 Å². The Morgan fingerprint density at radius 2 is 1.88 bits per heavy atom. The molecule has 0 heterocycles. The van der Waals surface area contributed by atoms with Gasteiger partial charge in [-0.3, -0.25) is 4.99 Å². The van der Waals surface area contributed by atoms with Crippen LogP contribution in [-0.4, -0.2) is 51.2 Å². The van der Waals surface area contributed by atoms with Crippen molar-refractivity contribution in [3.8, 4) is 0 Å². The van der Waals surface area contributed by atoms with Crippen LogP contribution in [0.2, 0.25) is 10.0 Å². The van der Waals surface area contributed by atoms with Gasteiger partial charge in [-0.1, -0.05) is 29.3 Å². The van der Waals surface area contributed by atoms with Crippen LogP contribution in [0.3, 0.4) is 0 Å². The van der Waals surface area contributed by atoms with Crippen molar-refractivity contribution in [2.45, 2.75) is 32.9 Å². The van der Waals surface area contributed by atoms with Gasteiger partial charge in [-0.2, -0.15) is 0 Å². The topological polar surface area (TPSA) is 73.8 Å². The highest BCUT2D eigenvalue weighted by Gasteiger charge is 2.22. The maximum Gasteiger partial charge on any atom is 0.209 e. The zero-order valence-corrected chi connectivity index (χ0v) is 20.3. The molecule has 0 saturated heterocycles. The number of guanidine groups is 1. The molecule has 1 aromatic carbocycles. The third kappa shape index (κ3) is 9.59. The van der Waals surface area contributed by atoms with Gasteiger partial charge in [0, 0.05) is 25.7 Å². The van der Waals surface area contributed by atoms with Crippen LogP contribution in [0, 0.1) is 0 Å². The van der Waals surface area contributed by atoms with E-state index in [9.17, 15) is 8.42 Å². The molecule has 0 radical (unpaired) electrons. The average molecular weight is 537 g/mol. The van der Waals surface area contributed by atoms with Gasteiger partial charge in [0.2, 0.25) is 10.0 Å². The summed E-state index contributed by atoms with van der Waals surface area (Å²) in [4.78, 5) is 6.49. The van der Waals surface area contributed by atoms with Crippen molar-refractivity contribution in [1.82, 2.24) is 14.9 Å². The molecule has 0 unspecified atom stereocenters. The molecule has 2 N–H and O–H groups in total. The van der Waals surface area contributed by atoms with Crippen LogP contribution in [-0.2, 0) is 16.6 Å². The Kier molecular flexibility index (Phi) is 10.8. The van der Waals surface area contributed by atoms with Crippen molar-refractivity contribution >= 4 is 63.2 Å². The first-order chi connectivity index (χ1) is 11.4. The Hall–Kier alpha value is -0.290. The van der Waals surface area contributed by atoms with Crippen LogP contribution >= 0.6 is 47.2 Å². The molecule has 0 spiro atoms. The molecule has 0 saturated carbocycles. The molecule has 0 aromatic heterocycles. The zero-order valence-electron chi connectivity index (χ0n) is 15.6. The highest BCUT2D eigenvalue weighted by molar-refractivity contribution is 14.0. The van der Waals surface area contributed by atoms with Crippen LogP contribution in [0.5, 0.6) is 0 Å². The molecule has 0 atom stereocenters. The minimum atomic E-state index is -3.30. The van der Waals surface area contributed by atoms with E-state index < -0.39 is 15.6 Å². The molecular weight excluding hydrogens is 510 g/mol. The smallest absolute Gasteiger partial charge is 0.209 e. The largest absolute Gasteiger partial charge is 0.357 e. The van der Waals surface area contributed by atoms with Crippen LogP contribution < -0.4 is 10.0 Å². The molecule has 150 valence electrons. The number of nitrogens with one attached hydrogen (secondary N) is 2. The molecular formula is C16H27Cl2IN4O2S. The summed E-state index contributed by atoms with van der Waals surface area (Å²) in [6.45, 7) is 7.14. The molecule has 1 rings (SSSR count). The monoisotopic (exact) mass is 536 g/mol. The number of hydrogen-bond acceptors (Lipinski definition) is 3. The molecule has 0 amide bonds. The van der Waals surface area contributed by atoms with Crippen LogP contribution in [0.15, 0.2) is 23.2 Å². The van der Waals surface area contributed by atoms with Gasteiger partial charge in [0.25, 0.3) is 0 Å². The second-order valence-corrected chi connectivity index (χ2v) is 9.10. The van der Waals surface area contributed by atoms with E-state index in [2.05, 4.69) is 15.0 Å². The van der Waals surface area contributed by atoms with E-state index in [0.717, 1.165) is 11.8 Å². The third-order valence-corrected chi connectivity index (χ3v) is 4.85. The first-order valence-corrected chi connectivity index (χ1v) is 10.5. The predicted molar refractivity (Wildman–Crippen MR) is 121 cm³/mol. The van der Waals surface area contributed by atoms with E-state index in [0.29, 0.717) is 35.6 Å². The summed E-state index contributed by atoms with van der Waals surface area (Å²) >= 11 is 12.0. The maximum atomic E-state index is 11.4. The molecule has 1 aromatic rings. The number of nitrogens with zero attached hydrogens (tertiary/aromatic N) is 2. The van der Waals surface area contributed by atoms with Gasteiger partial charge < -0.3 is 10.2 Å². The fraction of sp³-hybridized carbons (Fsp3) is 0.562. The van der Waals surface area contributed by atoms with Crippen LogP contribution in [0.4, 0.5) is 0 Å². The quantitative estimate of drug-likeness (QED) is 0.318. The molecule has 0 aliphatic carbocycles. The van der Waals surface area contributed by atoms with Gasteiger partial charge in [-0.15, -0.1) is 24.0 Å². The lowest BCUT2D eigenvalue weighted by molar-refractivity contribution is 0.446. The van der Waals surface area contributed by atoms with Crippen LogP contribution in [0.25, 0.3) is 0 Å². The van der Waals surface area contributed by atoms with Crippen molar-refractivity contribution in [1.29, 1.82) is 0 Å². The number of sulfonamides is 1. The summed E-state index contributed by atoms with van der Waals surface area (Å²) in [6.07, 6.45) is 1.14. The summed E-state index contributed by atoms with van der Waals surface area (Å²) in [6, 6.07) is 5.48. The average Bonchev–Trinajstić information content (AvgIpc) is 2.44. The Morgan fingerprint density at radius 1 is 1.27 bits per heavy atom. The summed E-state index contributed by atoms with van der Waals surface area (Å²) in [5, 5.41) is 4.23. The molecule has 0 aliphatic heterocycles. The standard InChI is InChI=1S/C16H26Cl2N4O2S.HI/c1-6-19-15(20-11-16(2,3)21-25(5,23)24)22(4)10-12-7-8-13(17)14(18)9-12;/h7-9,21H,6,10-11H2,1-5H3,(H,19,20);1H. The Morgan fingerprint density at radius 3 is 2.38 bits per heavy atom. The van der Waals surface area contributed by atoms with Crippen molar-refractivity contribution in [2.75, 3.05) is 26.4 Å². The van der Waals surface area contributed by atoms with Gasteiger partial charge in [-0.25, -0.2) is 13.1 Å². The molecule has 0 fully saturated rings. The fourth-order valence-corrected chi connectivity index (χ4v) is 3.65. The van der Waals surface area contributed by atoms with E-state index in [-0.39, 0.29) is 24.0 Å². The van der Waals surface area contributed by atoms with Crippen molar-refractivity contribution in [3.63, 3.8) is 0 Å². The second kappa shape index (κ2) is 10.9. The Labute approximate surface area is 183 Å². The van der Waals surface area contributed by atoms with Gasteiger partial charge in [0.15, 0.2) is 5.96 Å². The molecule has 6 nitrogen and oxygen atoms in total. The zero-order chi connectivity index (χ0) is 19.3.